The number of rotatable bonds is 9. The van der Waals surface area contributed by atoms with Gasteiger partial charge in [0.25, 0.3) is 5.56 Å². The first-order chi connectivity index (χ1) is 18.3. The number of aromatic amines is 1. The van der Waals surface area contributed by atoms with Crippen molar-refractivity contribution in [2.75, 3.05) is 6.61 Å². The Morgan fingerprint density at radius 1 is 1.03 bits per heavy atom. The van der Waals surface area contributed by atoms with Gasteiger partial charge in [0, 0.05) is 18.7 Å². The van der Waals surface area contributed by atoms with Crippen LogP contribution in [0.5, 0.6) is 0 Å². The van der Waals surface area contributed by atoms with E-state index < -0.39 is 53.2 Å². The second-order valence-corrected chi connectivity index (χ2v) is 9.82. The lowest BCUT2D eigenvalue weighted by Gasteiger charge is -2.40. The van der Waals surface area contributed by atoms with Gasteiger partial charge in [0.2, 0.25) is 0 Å². The van der Waals surface area contributed by atoms with Crippen molar-refractivity contribution in [2.24, 2.45) is 11.7 Å². The lowest BCUT2D eigenvalue weighted by Crippen LogP contribution is -2.58. The Balaban J connectivity index is 1.52. The summed E-state index contributed by atoms with van der Waals surface area (Å²) in [6, 6.07) is 18.5. The molecule has 10 nitrogen and oxygen atoms in total. The molecule has 5 rings (SSSR count). The third-order valence-electron chi connectivity index (χ3n) is 7.20. The van der Waals surface area contributed by atoms with Crippen LogP contribution < -0.4 is 17.0 Å². The molecule has 1 aliphatic heterocycles. The molecule has 0 amide bonds. The third kappa shape index (κ3) is 4.83. The van der Waals surface area contributed by atoms with E-state index in [0.717, 1.165) is 11.1 Å². The number of carbonyl (C=O) groups is 1. The second kappa shape index (κ2) is 10.7. The largest absolute Gasteiger partial charge is 0.458 e. The van der Waals surface area contributed by atoms with Crippen LogP contribution in [-0.2, 0) is 37.0 Å². The number of aryl methyl sites for hydroxylation is 1. The van der Waals surface area contributed by atoms with Crippen LogP contribution in [0, 0.1) is 12.8 Å². The smallest absolute Gasteiger partial charge is 0.330 e. The minimum atomic E-state index is -1.30. The fourth-order valence-corrected chi connectivity index (χ4v) is 5.48. The van der Waals surface area contributed by atoms with Gasteiger partial charge >= 0.3 is 11.7 Å². The number of benzene rings is 2. The zero-order chi connectivity index (χ0) is 26.9. The highest BCUT2D eigenvalue weighted by atomic mass is 16.6. The third-order valence-corrected chi connectivity index (χ3v) is 7.20. The number of aromatic nitrogens is 2. The van der Waals surface area contributed by atoms with Gasteiger partial charge in [-0.15, -0.1) is 0 Å². The van der Waals surface area contributed by atoms with E-state index >= 15 is 0 Å². The summed E-state index contributed by atoms with van der Waals surface area (Å²) in [6.45, 7) is 3.44. The molecule has 2 aliphatic rings. The van der Waals surface area contributed by atoms with E-state index in [0.29, 0.717) is 5.56 Å². The van der Waals surface area contributed by atoms with Gasteiger partial charge in [0.05, 0.1) is 31.8 Å². The molecule has 6 atom stereocenters. The topological polar surface area (TPSA) is 135 Å². The minimum Gasteiger partial charge on any atom is -0.458 e. The number of hydrogen-bond acceptors (Lipinski definition) is 8. The van der Waals surface area contributed by atoms with E-state index in [1.165, 1.54) is 17.7 Å². The van der Waals surface area contributed by atoms with Crippen molar-refractivity contribution in [3.63, 3.8) is 0 Å². The summed E-state index contributed by atoms with van der Waals surface area (Å²) in [4.78, 5) is 39.3. The number of fused-ring (bicyclic) bond motifs is 2. The van der Waals surface area contributed by atoms with Gasteiger partial charge in [-0.1, -0.05) is 60.7 Å². The molecule has 2 fully saturated rings. The minimum absolute atomic E-state index is 0.00289. The lowest BCUT2D eigenvalue weighted by atomic mass is 9.97. The summed E-state index contributed by atoms with van der Waals surface area (Å²) in [5.41, 5.74) is 6.54. The Morgan fingerprint density at radius 2 is 1.66 bits per heavy atom. The number of nitrogens with one attached hydrogen (secondary N) is 1. The monoisotopic (exact) mass is 521 g/mol. The molecule has 2 aromatic carbocycles. The van der Waals surface area contributed by atoms with E-state index in [2.05, 4.69) is 4.98 Å². The highest BCUT2D eigenvalue weighted by molar-refractivity contribution is 5.66. The quantitative estimate of drug-likeness (QED) is 0.407. The van der Waals surface area contributed by atoms with E-state index in [1.807, 2.05) is 60.7 Å². The van der Waals surface area contributed by atoms with Crippen LogP contribution in [0.25, 0.3) is 0 Å². The SMILES string of the molecule is CC(=O)O[C@H]1[C@@H](N)[C@H]2[C@H](n3cc(C)c(=O)[nH]c3=O)O[C@]1(COCc1ccccc1)[C@H]2OCc1ccccc1. The number of nitrogens with two attached hydrogens (primary N) is 1. The van der Waals surface area contributed by atoms with Gasteiger partial charge in [-0.25, -0.2) is 4.79 Å². The Morgan fingerprint density at radius 3 is 2.29 bits per heavy atom. The summed E-state index contributed by atoms with van der Waals surface area (Å²) < 4.78 is 26.2. The molecule has 0 spiro atoms. The molecule has 2 bridgehead atoms. The highest BCUT2D eigenvalue weighted by Crippen LogP contribution is 2.54. The van der Waals surface area contributed by atoms with Crippen molar-refractivity contribution in [2.45, 2.75) is 57.1 Å². The summed E-state index contributed by atoms with van der Waals surface area (Å²) >= 11 is 0. The van der Waals surface area contributed by atoms with Crippen molar-refractivity contribution in [1.29, 1.82) is 0 Å². The van der Waals surface area contributed by atoms with Gasteiger partial charge in [-0.2, -0.15) is 0 Å². The highest BCUT2D eigenvalue weighted by Gasteiger charge is 2.72. The van der Waals surface area contributed by atoms with Gasteiger partial charge < -0.3 is 24.7 Å². The Hall–Kier alpha value is -3.57. The summed E-state index contributed by atoms with van der Waals surface area (Å²) in [5.74, 6) is -1.09. The molecule has 3 N–H and O–H groups in total. The molecule has 3 aromatic rings. The van der Waals surface area contributed by atoms with Crippen LogP contribution >= 0.6 is 0 Å². The Bertz CT molecular complexity index is 1390. The number of ether oxygens (including phenoxy) is 4. The van der Waals surface area contributed by atoms with Crippen molar-refractivity contribution in [1.82, 2.24) is 9.55 Å². The fraction of sp³-hybridized carbons (Fsp3) is 0.393. The van der Waals surface area contributed by atoms with Crippen molar-refractivity contribution in [3.05, 3.63) is 104 Å². The summed E-state index contributed by atoms with van der Waals surface area (Å²) in [5, 5.41) is 0. The molecule has 1 saturated heterocycles. The number of H-pyrrole nitrogens is 1. The first-order valence-electron chi connectivity index (χ1n) is 12.5. The number of hydrogen-bond donors (Lipinski definition) is 2. The van der Waals surface area contributed by atoms with Crippen LogP contribution in [0.3, 0.4) is 0 Å². The molecule has 1 aromatic heterocycles. The van der Waals surface area contributed by atoms with Crippen molar-refractivity contribution in [3.8, 4) is 0 Å². The molecule has 0 radical (unpaired) electrons. The summed E-state index contributed by atoms with van der Waals surface area (Å²) in [7, 11) is 0. The lowest BCUT2D eigenvalue weighted by molar-refractivity contribution is -0.222. The van der Waals surface area contributed by atoms with Gasteiger partial charge in [-0.3, -0.25) is 19.1 Å². The fourth-order valence-electron chi connectivity index (χ4n) is 5.48. The summed E-state index contributed by atoms with van der Waals surface area (Å²) in [6.07, 6.45) is -0.979. The maximum Gasteiger partial charge on any atom is 0.330 e. The van der Waals surface area contributed by atoms with E-state index in [9.17, 15) is 14.4 Å². The van der Waals surface area contributed by atoms with Gasteiger partial charge in [0.15, 0.2) is 11.7 Å². The molecule has 1 saturated carbocycles. The van der Waals surface area contributed by atoms with Gasteiger partial charge in [-0.05, 0) is 18.1 Å². The molecule has 38 heavy (non-hydrogen) atoms. The predicted molar refractivity (Wildman–Crippen MR) is 137 cm³/mol. The van der Waals surface area contributed by atoms with Crippen LogP contribution in [0.15, 0.2) is 76.4 Å². The number of carbonyl (C=O) groups excluding carboxylic acids is 1. The van der Waals surface area contributed by atoms with Crippen LogP contribution in [0.2, 0.25) is 0 Å². The first-order valence-corrected chi connectivity index (χ1v) is 12.5. The molecular formula is C28H31N3O7. The predicted octanol–water partition coefficient (Wildman–Crippen LogP) is 1.80. The molecule has 1 aliphatic carbocycles. The van der Waals surface area contributed by atoms with Crippen molar-refractivity contribution < 1.29 is 23.7 Å². The normalized spacial score (nSPS) is 27.9. The average molecular weight is 522 g/mol. The Kier molecular flexibility index (Phi) is 7.31. The first kappa shape index (κ1) is 26.1. The van der Waals surface area contributed by atoms with E-state index in [-0.39, 0.29) is 19.8 Å². The maximum atomic E-state index is 12.8. The second-order valence-electron chi connectivity index (χ2n) is 9.82. The average Bonchev–Trinajstić information content (AvgIpc) is 3.33. The maximum absolute atomic E-state index is 12.8. The molecule has 0 unspecified atom stereocenters. The zero-order valence-electron chi connectivity index (χ0n) is 21.2. The van der Waals surface area contributed by atoms with Crippen molar-refractivity contribution >= 4 is 5.97 Å². The van der Waals surface area contributed by atoms with Crippen LogP contribution in [0.4, 0.5) is 0 Å². The molecule has 2 heterocycles. The molecular weight excluding hydrogens is 490 g/mol. The zero-order valence-corrected chi connectivity index (χ0v) is 21.2. The number of esters is 1. The van der Waals surface area contributed by atoms with Gasteiger partial charge in [0.1, 0.15) is 12.3 Å². The number of nitrogens with zero attached hydrogens (tertiary/aromatic N) is 1. The van der Waals surface area contributed by atoms with E-state index in [1.54, 1.807) is 6.92 Å². The standard InChI is InChI=1S/C28H31N3O7/c1-17-13-31(27(34)30-25(17)33)26-21-22(29)24(37-18(2)32)28(38-26,16-35-14-19-9-5-3-6-10-19)23(21)36-15-20-11-7-4-8-12-20/h3-13,21-24,26H,14-16,29H2,1-2H3,(H,30,33,34)/t21-,22+,23+,24+,26-,28-/m1/s1. The van der Waals surface area contributed by atoms with E-state index in [4.69, 9.17) is 24.7 Å². The molecule has 200 valence electrons. The Labute approximate surface area is 219 Å². The van der Waals surface area contributed by atoms with Crippen LogP contribution in [-0.4, -0.2) is 46.0 Å². The van der Waals surface area contributed by atoms with Crippen LogP contribution in [0.1, 0.15) is 29.8 Å². The molecule has 10 heteroatoms.